The molecular weight excluding hydrogens is 514 g/mol. The van der Waals surface area contributed by atoms with Crippen LogP contribution in [0.5, 0.6) is 0 Å². The number of aromatic nitrogens is 2. The summed E-state index contributed by atoms with van der Waals surface area (Å²) < 4.78 is 15.1. The maximum absolute atomic E-state index is 13.6. The number of nitrogens with one attached hydrogen (secondary N) is 1. The SMILES string of the molecule is CC(C)c1c(C(=O)NCc2ccc(C#N)cc2)nn(-c2ccc(F)cc2)c1/C=C/[C@H](O)C[C@@H](O)CC(=O)O.[H-].[Na+]. The minimum Gasteiger partial charge on any atom is -1.00 e. The minimum absolute atomic E-state index is 0. The summed E-state index contributed by atoms with van der Waals surface area (Å²) in [6.45, 7) is 3.97. The third-order valence-electron chi connectivity index (χ3n) is 5.76. The van der Waals surface area contributed by atoms with Gasteiger partial charge in [-0.15, -0.1) is 0 Å². The Labute approximate surface area is 249 Å². The summed E-state index contributed by atoms with van der Waals surface area (Å²) in [5, 5.41) is 45.4. The molecule has 39 heavy (non-hydrogen) atoms. The molecule has 3 aromatic rings. The number of halogens is 1. The van der Waals surface area contributed by atoms with Gasteiger partial charge in [-0.3, -0.25) is 9.59 Å². The molecule has 11 heteroatoms. The van der Waals surface area contributed by atoms with Crippen LogP contribution in [-0.2, 0) is 11.3 Å². The second-order valence-electron chi connectivity index (χ2n) is 9.10. The molecule has 1 heterocycles. The average Bonchev–Trinajstić information content (AvgIpc) is 3.26. The Bertz CT molecular complexity index is 1350. The van der Waals surface area contributed by atoms with Gasteiger partial charge in [-0.2, -0.15) is 10.4 Å². The Kier molecular flexibility index (Phi) is 12.0. The maximum atomic E-state index is 13.6. The number of aliphatic hydroxyl groups is 2. The number of hydrogen-bond acceptors (Lipinski definition) is 6. The van der Waals surface area contributed by atoms with E-state index in [-0.39, 0.29) is 55.6 Å². The van der Waals surface area contributed by atoms with Crippen molar-refractivity contribution in [3.63, 3.8) is 0 Å². The van der Waals surface area contributed by atoms with Crippen LogP contribution in [0, 0.1) is 17.1 Å². The van der Waals surface area contributed by atoms with E-state index in [9.17, 15) is 24.2 Å². The zero-order chi connectivity index (χ0) is 27.8. The number of carboxylic acids is 1. The molecule has 0 bridgehead atoms. The van der Waals surface area contributed by atoms with Crippen LogP contribution >= 0.6 is 0 Å². The van der Waals surface area contributed by atoms with E-state index in [0.29, 0.717) is 22.5 Å². The standard InChI is InChI=1S/C28H29FN4O5.Na.H/c1-17(2)26-24(12-11-22(34)13-23(35)14-25(36)37)33(21-9-7-20(29)8-10-21)32-27(26)28(38)31-16-19-5-3-18(15-30)4-6-19;;/h3-12,17,22-23,34-35H,13-14,16H2,1-2H3,(H,31,38)(H,36,37);;/q;+1;-1/b12-11+;;/t22-,23+;;/m0../s1. The number of aliphatic carboxylic acids is 1. The van der Waals surface area contributed by atoms with Crippen LogP contribution in [0.25, 0.3) is 11.8 Å². The molecule has 0 unspecified atom stereocenters. The van der Waals surface area contributed by atoms with Gasteiger partial charge in [-0.05, 0) is 54.0 Å². The van der Waals surface area contributed by atoms with Gasteiger partial charge in [0.25, 0.3) is 5.91 Å². The Hall–Kier alpha value is -3.33. The van der Waals surface area contributed by atoms with Crippen LogP contribution < -0.4 is 34.9 Å². The molecule has 0 saturated carbocycles. The number of aliphatic hydroxyl groups excluding tert-OH is 2. The van der Waals surface area contributed by atoms with Gasteiger partial charge in [-0.1, -0.05) is 32.1 Å². The van der Waals surface area contributed by atoms with Crippen molar-refractivity contribution in [1.29, 1.82) is 5.26 Å². The van der Waals surface area contributed by atoms with Crippen LogP contribution in [0.2, 0.25) is 0 Å². The van der Waals surface area contributed by atoms with E-state index in [1.54, 1.807) is 30.3 Å². The fraction of sp³-hybridized carbons (Fsp3) is 0.286. The molecule has 1 amide bonds. The van der Waals surface area contributed by atoms with E-state index in [4.69, 9.17) is 10.4 Å². The minimum atomic E-state index is -1.23. The Morgan fingerprint density at radius 2 is 1.79 bits per heavy atom. The number of amides is 1. The zero-order valence-electron chi connectivity index (χ0n) is 23.0. The van der Waals surface area contributed by atoms with Crippen LogP contribution in [-0.4, -0.2) is 49.2 Å². The summed E-state index contributed by atoms with van der Waals surface area (Å²) in [6.07, 6.45) is -0.133. The number of hydrogen-bond donors (Lipinski definition) is 4. The Morgan fingerprint density at radius 3 is 2.36 bits per heavy atom. The van der Waals surface area contributed by atoms with Gasteiger partial charge in [0.15, 0.2) is 5.69 Å². The molecule has 0 radical (unpaired) electrons. The van der Waals surface area contributed by atoms with Crippen molar-refractivity contribution in [1.82, 2.24) is 15.1 Å². The van der Waals surface area contributed by atoms with E-state index >= 15 is 0 Å². The first-order valence-corrected chi connectivity index (χ1v) is 12.0. The van der Waals surface area contributed by atoms with Crippen molar-refractivity contribution in [3.8, 4) is 11.8 Å². The number of rotatable bonds is 11. The largest absolute Gasteiger partial charge is 1.00 e. The van der Waals surface area contributed by atoms with Crippen molar-refractivity contribution < 1.29 is 60.3 Å². The first-order valence-electron chi connectivity index (χ1n) is 12.0. The smallest absolute Gasteiger partial charge is 1.00 e. The summed E-state index contributed by atoms with van der Waals surface area (Å²) in [4.78, 5) is 24.0. The van der Waals surface area contributed by atoms with Gasteiger partial charge in [0, 0.05) is 18.5 Å². The fourth-order valence-corrected chi connectivity index (χ4v) is 3.93. The summed E-state index contributed by atoms with van der Waals surface area (Å²) in [5.74, 6) is -2.23. The Morgan fingerprint density at radius 1 is 1.15 bits per heavy atom. The van der Waals surface area contributed by atoms with Crippen molar-refractivity contribution in [2.45, 2.75) is 51.4 Å². The second-order valence-corrected chi connectivity index (χ2v) is 9.10. The number of nitriles is 1. The van der Waals surface area contributed by atoms with Crippen molar-refractivity contribution in [2.24, 2.45) is 0 Å². The van der Waals surface area contributed by atoms with E-state index in [2.05, 4.69) is 10.4 Å². The Balaban J connectivity index is 0.00000400. The van der Waals surface area contributed by atoms with Gasteiger partial charge in [0.1, 0.15) is 5.82 Å². The zero-order valence-corrected chi connectivity index (χ0v) is 24.0. The normalized spacial score (nSPS) is 12.5. The number of nitrogens with zero attached hydrogens (tertiary/aromatic N) is 3. The monoisotopic (exact) mass is 544 g/mol. The predicted octanol–water partition coefficient (Wildman–Crippen LogP) is 0.653. The third-order valence-corrected chi connectivity index (χ3v) is 5.76. The second kappa shape index (κ2) is 14.7. The van der Waals surface area contributed by atoms with Crippen molar-refractivity contribution >= 4 is 18.0 Å². The van der Waals surface area contributed by atoms with Crippen LogP contribution in [0.15, 0.2) is 54.6 Å². The molecular formula is C28H30FN4NaO5. The van der Waals surface area contributed by atoms with Gasteiger partial charge >= 0.3 is 35.5 Å². The average molecular weight is 545 g/mol. The van der Waals surface area contributed by atoms with Crippen molar-refractivity contribution in [2.75, 3.05) is 0 Å². The first-order chi connectivity index (χ1) is 18.1. The molecule has 200 valence electrons. The third kappa shape index (κ3) is 8.85. The van der Waals surface area contributed by atoms with E-state index in [1.165, 1.54) is 35.0 Å². The summed E-state index contributed by atoms with van der Waals surface area (Å²) >= 11 is 0. The molecule has 0 aliphatic carbocycles. The van der Waals surface area contributed by atoms with Crippen molar-refractivity contribution in [3.05, 3.63) is 88.5 Å². The number of carbonyl (C=O) groups excluding carboxylic acids is 1. The molecule has 0 spiro atoms. The molecule has 2 atom stereocenters. The molecule has 2 aromatic carbocycles. The number of benzene rings is 2. The maximum Gasteiger partial charge on any atom is 1.00 e. The van der Waals surface area contributed by atoms with E-state index in [0.717, 1.165) is 5.56 Å². The molecule has 9 nitrogen and oxygen atoms in total. The predicted molar refractivity (Wildman–Crippen MR) is 139 cm³/mol. The fourth-order valence-electron chi connectivity index (χ4n) is 3.93. The molecule has 3 rings (SSSR count). The summed E-state index contributed by atoms with van der Waals surface area (Å²) in [6, 6.07) is 14.4. The summed E-state index contributed by atoms with van der Waals surface area (Å²) in [7, 11) is 0. The molecule has 0 saturated heterocycles. The first kappa shape index (κ1) is 31.9. The quantitative estimate of drug-likeness (QED) is 0.259. The van der Waals surface area contributed by atoms with E-state index < -0.39 is 36.3 Å². The summed E-state index contributed by atoms with van der Waals surface area (Å²) in [5.41, 5.74) is 3.00. The molecule has 4 N–H and O–H groups in total. The van der Waals surface area contributed by atoms with E-state index in [1.807, 2.05) is 19.9 Å². The molecule has 1 aromatic heterocycles. The van der Waals surface area contributed by atoms with Gasteiger partial charge in [0.05, 0.1) is 41.6 Å². The molecule has 0 aliphatic rings. The number of carbonyl (C=O) groups is 2. The van der Waals surface area contributed by atoms with Gasteiger partial charge < -0.3 is 22.1 Å². The molecule has 0 fully saturated rings. The van der Waals surface area contributed by atoms with Gasteiger partial charge in [0.2, 0.25) is 0 Å². The molecule has 0 aliphatic heterocycles. The van der Waals surface area contributed by atoms with Crippen LogP contribution in [0.4, 0.5) is 4.39 Å². The van der Waals surface area contributed by atoms with Gasteiger partial charge in [-0.25, -0.2) is 9.07 Å². The topological polar surface area (TPSA) is 148 Å². The number of carboxylic acid groups (broad SMARTS) is 1. The van der Waals surface area contributed by atoms with Crippen LogP contribution in [0.3, 0.4) is 0 Å². The van der Waals surface area contributed by atoms with Crippen LogP contribution in [0.1, 0.15) is 66.9 Å².